The molecule has 0 atom stereocenters. The molecule has 0 bridgehead atoms. The van der Waals surface area contributed by atoms with Gasteiger partial charge in [-0.15, -0.1) is 0 Å². The Morgan fingerprint density at radius 3 is 1.33 bits per heavy atom. The maximum atomic E-state index is 12.2. The molecule has 0 aromatic carbocycles. The fraction of sp³-hybridized carbons (Fsp3) is 1.00. The average Bonchev–Trinajstić information content (AvgIpc) is 2.09. The van der Waals surface area contributed by atoms with E-state index in [2.05, 4.69) is 95.6 Å². The summed E-state index contributed by atoms with van der Waals surface area (Å²) in [5, 5.41) is 0. The summed E-state index contributed by atoms with van der Waals surface area (Å²) in [6.45, 7) is 1.48. The van der Waals surface area contributed by atoms with Crippen LogP contribution in [0.25, 0.3) is 0 Å². The van der Waals surface area contributed by atoms with Crippen molar-refractivity contribution in [1.82, 2.24) is 0 Å². The van der Waals surface area contributed by atoms with Gasteiger partial charge in [0.15, 0.2) is 18.6 Å². The summed E-state index contributed by atoms with van der Waals surface area (Å²) in [6.07, 6.45) is 0. The van der Waals surface area contributed by atoms with Gasteiger partial charge in [-0.25, -0.2) is 16.8 Å². The van der Waals surface area contributed by atoms with Crippen LogP contribution in [0.3, 0.4) is 0 Å². The highest BCUT2D eigenvalue weighted by Crippen LogP contribution is 2.47. The van der Waals surface area contributed by atoms with E-state index in [0.29, 0.717) is 0 Å². The molecule has 0 N–H and O–H groups in total. The van der Waals surface area contributed by atoms with Crippen molar-refractivity contribution in [3.05, 3.63) is 0 Å². The van der Waals surface area contributed by atoms with Gasteiger partial charge in [0, 0.05) is 6.61 Å². The Bertz CT molecular complexity index is 445. The van der Waals surface area contributed by atoms with Crippen molar-refractivity contribution < 1.29 is 21.3 Å². The third-order valence-corrected chi connectivity index (χ3v) is 29.2. The summed E-state index contributed by atoms with van der Waals surface area (Å²) in [7, 11) is -12.0. The van der Waals surface area contributed by atoms with E-state index in [1.165, 1.54) is 6.92 Å². The fourth-order valence-electron chi connectivity index (χ4n) is 0.700. The van der Waals surface area contributed by atoms with Crippen LogP contribution in [0.15, 0.2) is 0 Å². The Morgan fingerprint density at radius 2 is 1.17 bits per heavy atom. The van der Waals surface area contributed by atoms with E-state index in [9.17, 15) is 16.8 Å². The van der Waals surface area contributed by atoms with Crippen LogP contribution >= 0.6 is 95.6 Å². The van der Waals surface area contributed by atoms with Crippen LogP contribution < -0.4 is 0 Å². The second-order valence-electron chi connectivity index (χ2n) is 2.73. The molecule has 0 aliphatic heterocycles. The first-order valence-corrected chi connectivity index (χ1v) is 15.1. The summed E-state index contributed by atoms with van der Waals surface area (Å²) in [5.41, 5.74) is 0. The monoisotopic (exact) mass is 699 g/mol. The molecule has 0 aliphatic rings. The Hall–Kier alpha value is 2.96. The molecule has 0 aromatic heterocycles. The number of rotatable bonds is 4. The Morgan fingerprint density at radius 1 is 0.889 bits per heavy atom. The van der Waals surface area contributed by atoms with Crippen molar-refractivity contribution >= 4 is 121 Å². The smallest absolute Gasteiger partial charge is 0.395 e. The molecule has 0 saturated carbocycles. The molecule has 0 aromatic rings. The van der Waals surface area contributed by atoms with Crippen LogP contribution in [0, 0.1) is 0 Å². The quantitative estimate of drug-likeness (QED) is 0.332. The van der Waals surface area contributed by atoms with E-state index in [0.717, 1.165) is 0 Å². The highest BCUT2D eigenvalue weighted by atomic mass is 80.0. The zero-order valence-electron chi connectivity index (χ0n) is 8.41. The molecular weight excluding hydrogens is 700 g/mol. The average molecular weight is 706 g/mol. The molecular formula is C4H6Br6O5S2Si. The molecule has 110 valence electrons. The van der Waals surface area contributed by atoms with Crippen molar-refractivity contribution in [3.8, 4) is 0 Å². The Balaban J connectivity index is 5.95. The first-order chi connectivity index (χ1) is 7.69. The van der Waals surface area contributed by atoms with Gasteiger partial charge in [0.2, 0.25) is 2.95 Å². The van der Waals surface area contributed by atoms with Crippen molar-refractivity contribution in [2.24, 2.45) is 0 Å². The molecule has 0 heterocycles. The van der Waals surface area contributed by atoms with Crippen LogP contribution in [-0.2, 0) is 23.0 Å². The van der Waals surface area contributed by atoms with E-state index in [1.54, 1.807) is 0 Å². The highest BCUT2D eigenvalue weighted by Gasteiger charge is 2.58. The lowest BCUT2D eigenvalue weighted by Crippen LogP contribution is -2.48. The number of hydrogen-bond acceptors (Lipinski definition) is 5. The van der Waals surface area contributed by atoms with Crippen molar-refractivity contribution in [2.75, 3.05) is 6.61 Å². The molecule has 0 spiro atoms. The third-order valence-electron chi connectivity index (χ3n) is 1.45. The predicted molar refractivity (Wildman–Crippen MR) is 95.6 cm³/mol. The lowest BCUT2D eigenvalue weighted by atomic mass is 10.9. The van der Waals surface area contributed by atoms with Gasteiger partial charge in [0.25, 0.3) is 0 Å². The molecule has 18 heavy (non-hydrogen) atoms. The van der Waals surface area contributed by atoms with Gasteiger partial charge in [0.05, 0.1) is 0 Å². The first kappa shape index (κ1) is 21.0. The van der Waals surface area contributed by atoms with Gasteiger partial charge in [-0.1, -0.05) is 0 Å². The van der Waals surface area contributed by atoms with Gasteiger partial charge in [0.1, 0.15) is 0 Å². The Labute approximate surface area is 157 Å². The molecule has 0 radical (unpaired) electrons. The number of hydrogen-bond donors (Lipinski definition) is 0. The summed E-state index contributed by atoms with van der Waals surface area (Å²) in [6, 6.07) is 0. The van der Waals surface area contributed by atoms with Gasteiger partial charge in [-0.05, 0) is 103 Å². The van der Waals surface area contributed by atoms with E-state index in [4.69, 9.17) is 4.43 Å². The minimum Gasteiger partial charge on any atom is -0.395 e. The van der Waals surface area contributed by atoms with E-state index in [-0.39, 0.29) is 6.61 Å². The fourth-order valence-corrected chi connectivity index (χ4v) is 27.8. The molecule has 14 heteroatoms. The molecule has 0 rings (SSSR count). The van der Waals surface area contributed by atoms with E-state index >= 15 is 0 Å². The molecule has 0 aliphatic carbocycles. The Kier molecular flexibility index (Phi) is 8.18. The standard InChI is InChI=1S/C4H6Br6O5S2Si/c1-2-15-18(16(11,12)3(5,6)7)17(13,14)4(8,9)10/h18H,2H2,1H3. The second kappa shape index (κ2) is 7.02. The van der Waals surface area contributed by atoms with Gasteiger partial charge in [-0.3, -0.25) is 0 Å². The van der Waals surface area contributed by atoms with Crippen molar-refractivity contribution in [3.63, 3.8) is 0 Å². The minimum absolute atomic E-state index is 0.0402. The maximum Gasteiger partial charge on any atom is 0.452 e. The zero-order valence-corrected chi connectivity index (χ0v) is 20.7. The molecule has 0 unspecified atom stereocenters. The SMILES string of the molecule is CCO[SiH](S(=O)(=O)C(Br)(Br)Br)S(=O)(=O)C(Br)(Br)Br. The molecule has 0 fully saturated rings. The highest BCUT2D eigenvalue weighted by molar-refractivity contribution is 9.44. The summed E-state index contributed by atoms with van der Waals surface area (Å²) in [5.74, 6) is 0. The van der Waals surface area contributed by atoms with Crippen molar-refractivity contribution in [1.29, 1.82) is 0 Å². The number of alkyl halides is 6. The van der Waals surface area contributed by atoms with Crippen molar-refractivity contribution in [2.45, 2.75) is 9.87 Å². The van der Waals surface area contributed by atoms with E-state index < -0.39 is 28.9 Å². The first-order valence-electron chi connectivity index (χ1n) is 3.91. The minimum atomic E-state index is -4.15. The van der Waals surface area contributed by atoms with Crippen LogP contribution in [0.1, 0.15) is 6.92 Å². The molecule has 0 amide bonds. The van der Waals surface area contributed by atoms with Gasteiger partial charge >= 0.3 is 7.34 Å². The van der Waals surface area contributed by atoms with Crippen LogP contribution in [0.2, 0.25) is 0 Å². The van der Waals surface area contributed by atoms with Gasteiger partial charge in [-0.2, -0.15) is 0 Å². The topological polar surface area (TPSA) is 77.5 Å². The maximum absolute atomic E-state index is 12.2. The van der Waals surface area contributed by atoms with Crippen LogP contribution in [-0.4, -0.2) is 33.7 Å². The molecule has 0 saturated heterocycles. The summed E-state index contributed by atoms with van der Waals surface area (Å²) >= 11 is 16.9. The third kappa shape index (κ3) is 4.73. The van der Waals surface area contributed by atoms with E-state index in [1.807, 2.05) is 0 Å². The predicted octanol–water partition coefficient (Wildman–Crippen LogP) is 3.16. The second-order valence-corrected chi connectivity index (χ2v) is 30.9. The lowest BCUT2D eigenvalue weighted by molar-refractivity contribution is 0.362. The largest absolute Gasteiger partial charge is 0.452 e. The summed E-state index contributed by atoms with van der Waals surface area (Å²) in [4.78, 5) is 0. The number of halogens is 6. The van der Waals surface area contributed by atoms with Crippen LogP contribution in [0.5, 0.6) is 0 Å². The summed E-state index contributed by atoms with van der Waals surface area (Å²) < 4.78 is 50.3. The van der Waals surface area contributed by atoms with Crippen LogP contribution in [0.4, 0.5) is 0 Å². The normalized spacial score (nSPS) is 15.1. The molecule has 5 nitrogen and oxygen atoms in total. The zero-order chi connectivity index (χ0) is 15.0. The van der Waals surface area contributed by atoms with Gasteiger partial charge < -0.3 is 4.43 Å². The lowest BCUT2D eigenvalue weighted by Gasteiger charge is -2.24.